The highest BCUT2D eigenvalue weighted by Gasteiger charge is 2.22. The number of hydrogen-bond acceptors (Lipinski definition) is 5. The van der Waals surface area contributed by atoms with Crippen LogP contribution in [0.4, 0.5) is 5.69 Å². The van der Waals surface area contributed by atoms with E-state index in [1.807, 2.05) is 0 Å². The van der Waals surface area contributed by atoms with E-state index in [4.69, 9.17) is 5.14 Å². The Hall–Kier alpha value is -2.42. The first kappa shape index (κ1) is 17.9. The summed E-state index contributed by atoms with van der Waals surface area (Å²) in [6.07, 6.45) is 0. The summed E-state index contributed by atoms with van der Waals surface area (Å²) in [7, 11) is -2.33. The van der Waals surface area contributed by atoms with Crippen LogP contribution in [-0.2, 0) is 10.0 Å². The molecule has 128 valence electrons. The molecule has 2 aromatic rings. The van der Waals surface area contributed by atoms with Gasteiger partial charge in [-0.1, -0.05) is 30.3 Å². The van der Waals surface area contributed by atoms with Crippen LogP contribution in [0.15, 0.2) is 47.4 Å². The van der Waals surface area contributed by atoms with Gasteiger partial charge in [-0.05, 0) is 24.7 Å². The smallest absolute Gasteiger partial charge is 0.335 e. The first-order valence-corrected chi connectivity index (χ1v) is 8.77. The van der Waals surface area contributed by atoms with Gasteiger partial charge in [-0.3, -0.25) is 0 Å². The van der Waals surface area contributed by atoms with Crippen molar-refractivity contribution in [1.82, 2.24) is 5.32 Å². The zero-order chi connectivity index (χ0) is 17.7. The molecule has 0 aliphatic heterocycles. The molecule has 0 atom stereocenters. The summed E-state index contributed by atoms with van der Waals surface area (Å²) in [6.45, 7) is 1.11. The SMILES string of the molecule is CNCCNc1cc(C(=O)O)cc(S(N)(=O)=O)c1-c1ccccc1. The van der Waals surface area contributed by atoms with Gasteiger partial charge in [0.25, 0.3) is 0 Å². The Morgan fingerprint density at radius 2 is 1.83 bits per heavy atom. The van der Waals surface area contributed by atoms with E-state index < -0.39 is 16.0 Å². The molecule has 0 unspecified atom stereocenters. The normalized spacial score (nSPS) is 11.2. The van der Waals surface area contributed by atoms with Crippen molar-refractivity contribution in [3.63, 3.8) is 0 Å². The maximum atomic E-state index is 12.0. The van der Waals surface area contributed by atoms with Crippen LogP contribution in [0.2, 0.25) is 0 Å². The molecule has 0 saturated carbocycles. The van der Waals surface area contributed by atoms with Crippen LogP contribution in [0.1, 0.15) is 10.4 Å². The molecule has 0 saturated heterocycles. The summed E-state index contributed by atoms with van der Waals surface area (Å²) in [4.78, 5) is 11.1. The Kier molecular flexibility index (Phi) is 5.55. The van der Waals surface area contributed by atoms with Crippen molar-refractivity contribution >= 4 is 21.7 Å². The fraction of sp³-hybridized carbons (Fsp3) is 0.188. The van der Waals surface area contributed by atoms with Gasteiger partial charge in [-0.15, -0.1) is 0 Å². The maximum absolute atomic E-state index is 12.0. The van der Waals surface area contributed by atoms with Crippen molar-refractivity contribution in [2.45, 2.75) is 4.90 Å². The van der Waals surface area contributed by atoms with Crippen LogP contribution in [0, 0.1) is 0 Å². The standard InChI is InChI=1S/C16H19N3O4S/c1-18-7-8-19-13-9-12(16(20)21)10-14(24(17,22)23)15(13)11-5-3-2-4-6-11/h2-6,9-10,18-19H,7-8H2,1H3,(H,20,21)(H2,17,22,23). The second-order valence-corrected chi connectivity index (χ2v) is 6.67. The van der Waals surface area contributed by atoms with E-state index in [1.165, 1.54) is 6.07 Å². The lowest BCUT2D eigenvalue weighted by atomic mass is 10.0. The minimum absolute atomic E-state index is 0.148. The number of aromatic carboxylic acids is 1. The van der Waals surface area contributed by atoms with Crippen molar-refractivity contribution in [1.29, 1.82) is 0 Å². The molecule has 5 N–H and O–H groups in total. The second kappa shape index (κ2) is 7.43. The summed E-state index contributed by atoms with van der Waals surface area (Å²) >= 11 is 0. The third-order valence-electron chi connectivity index (χ3n) is 3.41. The number of sulfonamides is 1. The second-order valence-electron chi connectivity index (χ2n) is 5.14. The topological polar surface area (TPSA) is 122 Å². The molecule has 7 nitrogen and oxygen atoms in total. The molecule has 0 radical (unpaired) electrons. The minimum atomic E-state index is -4.11. The van der Waals surface area contributed by atoms with E-state index >= 15 is 0 Å². The van der Waals surface area contributed by atoms with E-state index in [-0.39, 0.29) is 10.5 Å². The first-order chi connectivity index (χ1) is 11.3. The number of anilines is 1. The molecule has 0 aliphatic carbocycles. The molecule has 0 bridgehead atoms. The van der Waals surface area contributed by atoms with Crippen LogP contribution in [-0.4, -0.2) is 39.6 Å². The number of carboxylic acids is 1. The number of hydrogen-bond donors (Lipinski definition) is 4. The molecular formula is C16H19N3O4S. The summed E-state index contributed by atoms with van der Waals surface area (Å²) in [6, 6.07) is 11.3. The number of nitrogens with two attached hydrogens (primary N) is 1. The summed E-state index contributed by atoms with van der Waals surface area (Å²) in [5.74, 6) is -1.23. The quantitative estimate of drug-likeness (QED) is 0.560. The molecule has 0 heterocycles. The number of rotatable bonds is 7. The van der Waals surface area contributed by atoms with E-state index in [2.05, 4.69) is 10.6 Å². The zero-order valence-electron chi connectivity index (χ0n) is 13.1. The number of likely N-dealkylation sites (N-methyl/N-ethyl adjacent to an activating group) is 1. The van der Waals surface area contributed by atoms with Gasteiger partial charge < -0.3 is 15.7 Å². The van der Waals surface area contributed by atoms with Crippen molar-refractivity contribution in [2.75, 3.05) is 25.5 Å². The molecule has 2 aromatic carbocycles. The predicted octanol–water partition coefficient (Wildman–Crippen LogP) is 1.33. The Labute approximate surface area is 140 Å². The highest BCUT2D eigenvalue weighted by Crippen LogP contribution is 2.35. The largest absolute Gasteiger partial charge is 0.478 e. The Balaban J connectivity index is 2.73. The molecule has 2 rings (SSSR count). The maximum Gasteiger partial charge on any atom is 0.335 e. The van der Waals surface area contributed by atoms with Gasteiger partial charge in [0.2, 0.25) is 10.0 Å². The highest BCUT2D eigenvalue weighted by atomic mass is 32.2. The van der Waals surface area contributed by atoms with E-state index in [0.717, 1.165) is 6.07 Å². The zero-order valence-corrected chi connectivity index (χ0v) is 13.9. The van der Waals surface area contributed by atoms with Gasteiger partial charge >= 0.3 is 5.97 Å². The van der Waals surface area contributed by atoms with Gasteiger partial charge in [-0.2, -0.15) is 0 Å². The van der Waals surface area contributed by atoms with E-state index in [0.29, 0.717) is 29.9 Å². The summed E-state index contributed by atoms with van der Waals surface area (Å²) in [5.41, 5.74) is 1.25. The van der Waals surface area contributed by atoms with Crippen molar-refractivity contribution in [3.8, 4) is 11.1 Å². The van der Waals surface area contributed by atoms with Gasteiger partial charge in [0.1, 0.15) is 0 Å². The van der Waals surface area contributed by atoms with Crippen molar-refractivity contribution in [3.05, 3.63) is 48.0 Å². The predicted molar refractivity (Wildman–Crippen MR) is 92.6 cm³/mol. The highest BCUT2D eigenvalue weighted by molar-refractivity contribution is 7.89. The van der Waals surface area contributed by atoms with Gasteiger partial charge in [0.15, 0.2) is 0 Å². The van der Waals surface area contributed by atoms with Crippen LogP contribution >= 0.6 is 0 Å². The Bertz CT molecular complexity index is 836. The van der Waals surface area contributed by atoms with Gasteiger partial charge in [0.05, 0.1) is 10.5 Å². The number of nitrogens with one attached hydrogen (secondary N) is 2. The number of primary sulfonamides is 1. The molecule has 8 heteroatoms. The average molecular weight is 349 g/mol. The Morgan fingerprint density at radius 1 is 1.17 bits per heavy atom. The molecule has 0 aliphatic rings. The fourth-order valence-corrected chi connectivity index (χ4v) is 3.13. The lowest BCUT2D eigenvalue weighted by Gasteiger charge is -2.17. The lowest BCUT2D eigenvalue weighted by Crippen LogP contribution is -2.20. The first-order valence-electron chi connectivity index (χ1n) is 7.22. The number of carbonyl (C=O) groups is 1. The third kappa shape index (κ3) is 4.10. The minimum Gasteiger partial charge on any atom is -0.478 e. The summed E-state index contributed by atoms with van der Waals surface area (Å²) < 4.78 is 24.1. The molecule has 0 aromatic heterocycles. The van der Waals surface area contributed by atoms with Crippen molar-refractivity contribution in [2.24, 2.45) is 5.14 Å². The van der Waals surface area contributed by atoms with E-state index in [9.17, 15) is 18.3 Å². The third-order valence-corrected chi connectivity index (χ3v) is 4.34. The van der Waals surface area contributed by atoms with Crippen molar-refractivity contribution < 1.29 is 18.3 Å². The molecule has 0 amide bonds. The number of carboxylic acid groups (broad SMARTS) is 1. The average Bonchev–Trinajstić information content (AvgIpc) is 2.54. The molecule has 0 spiro atoms. The molecular weight excluding hydrogens is 330 g/mol. The van der Waals surface area contributed by atoms with Crippen LogP contribution in [0.5, 0.6) is 0 Å². The summed E-state index contributed by atoms with van der Waals surface area (Å²) in [5, 5.41) is 20.6. The lowest BCUT2D eigenvalue weighted by molar-refractivity contribution is 0.0696. The fourth-order valence-electron chi connectivity index (χ4n) is 2.33. The van der Waals surface area contributed by atoms with Crippen LogP contribution in [0.3, 0.4) is 0 Å². The molecule has 24 heavy (non-hydrogen) atoms. The number of benzene rings is 2. The Morgan fingerprint density at radius 3 is 2.38 bits per heavy atom. The molecule has 0 fully saturated rings. The van der Waals surface area contributed by atoms with Crippen LogP contribution in [0.25, 0.3) is 11.1 Å². The van der Waals surface area contributed by atoms with Crippen LogP contribution < -0.4 is 15.8 Å². The monoisotopic (exact) mass is 349 g/mol. The van der Waals surface area contributed by atoms with Gasteiger partial charge in [0, 0.05) is 24.3 Å². The van der Waals surface area contributed by atoms with Gasteiger partial charge in [-0.25, -0.2) is 18.4 Å². The van der Waals surface area contributed by atoms with E-state index in [1.54, 1.807) is 37.4 Å².